The zero-order chi connectivity index (χ0) is 49.4. The van der Waals surface area contributed by atoms with Gasteiger partial charge in [-0.1, -0.05) is 158 Å². The number of rotatable bonds is 8. The maximum atomic E-state index is 5.19. The van der Waals surface area contributed by atoms with Crippen molar-refractivity contribution in [1.29, 1.82) is 0 Å². The highest BCUT2D eigenvalue weighted by molar-refractivity contribution is 6.31. The van der Waals surface area contributed by atoms with Gasteiger partial charge < -0.3 is 13.7 Å². The van der Waals surface area contributed by atoms with E-state index in [1.165, 1.54) is 38.0 Å². The number of hydrogen-bond acceptors (Lipinski definition) is 5. The summed E-state index contributed by atoms with van der Waals surface area (Å²) in [5.41, 5.74) is 16.4. The second-order valence-electron chi connectivity index (χ2n) is 18.8. The van der Waals surface area contributed by atoms with Gasteiger partial charge in [-0.05, 0) is 96.1 Å². The lowest BCUT2D eigenvalue weighted by Gasteiger charge is -2.21. The van der Waals surface area contributed by atoms with E-state index in [0.717, 1.165) is 72.3 Å². The summed E-state index contributed by atoms with van der Waals surface area (Å²) in [6.45, 7) is 0. The molecular formula is C67H42N8. The van der Waals surface area contributed by atoms with Crippen LogP contribution in [-0.4, -0.2) is 38.6 Å². The highest BCUT2D eigenvalue weighted by atomic mass is 15.1. The van der Waals surface area contributed by atoms with E-state index in [2.05, 4.69) is 230 Å². The minimum absolute atomic E-state index is 0.468. The summed E-state index contributed by atoms with van der Waals surface area (Å²) < 4.78 is 7.44. The molecular weight excluding hydrogens is 917 g/mol. The fourth-order valence-electron chi connectivity index (χ4n) is 11.4. The smallest absolute Gasteiger partial charge is 0.182 e. The molecule has 0 fully saturated rings. The van der Waals surface area contributed by atoms with Crippen molar-refractivity contribution in [2.24, 2.45) is 0 Å². The number of pyridine rings is 2. The van der Waals surface area contributed by atoms with E-state index in [-0.39, 0.29) is 0 Å². The Bertz CT molecular complexity index is 4550. The van der Waals surface area contributed by atoms with Gasteiger partial charge in [0.15, 0.2) is 17.5 Å². The summed E-state index contributed by atoms with van der Waals surface area (Å²) >= 11 is 0. The van der Waals surface area contributed by atoms with Crippen LogP contribution >= 0.6 is 0 Å². The molecule has 15 aromatic rings. The molecule has 0 aliphatic carbocycles. The zero-order valence-corrected chi connectivity index (χ0v) is 40.3. The monoisotopic (exact) mass is 958 g/mol. The molecule has 0 saturated heterocycles. The lowest BCUT2D eigenvalue weighted by Crippen LogP contribution is -2.04. The van der Waals surface area contributed by atoms with Crippen LogP contribution in [-0.2, 0) is 0 Å². The van der Waals surface area contributed by atoms with Crippen LogP contribution in [0.15, 0.2) is 255 Å². The van der Waals surface area contributed by atoms with E-state index in [1.54, 1.807) is 12.4 Å². The van der Waals surface area contributed by atoms with Gasteiger partial charge >= 0.3 is 0 Å². The second kappa shape index (κ2) is 17.2. The van der Waals surface area contributed by atoms with Crippen molar-refractivity contribution in [1.82, 2.24) is 38.6 Å². The molecule has 0 saturated carbocycles. The summed E-state index contributed by atoms with van der Waals surface area (Å²) in [5.74, 6) is 1.45. The third kappa shape index (κ3) is 6.74. The van der Waals surface area contributed by atoms with Gasteiger partial charge in [-0.15, -0.1) is 0 Å². The first-order valence-electron chi connectivity index (χ1n) is 25.2. The molecule has 0 spiro atoms. The molecule has 350 valence electrons. The summed E-state index contributed by atoms with van der Waals surface area (Å²) in [7, 11) is 0. The van der Waals surface area contributed by atoms with E-state index in [1.807, 2.05) is 36.4 Å². The molecule has 0 aliphatic rings. The van der Waals surface area contributed by atoms with Crippen LogP contribution < -0.4 is 0 Å². The summed E-state index contributed by atoms with van der Waals surface area (Å²) in [6, 6.07) is 86.1. The normalized spacial score (nSPS) is 11.7. The molecule has 0 bridgehead atoms. The Kier molecular flexibility index (Phi) is 9.71. The Balaban J connectivity index is 1.08. The van der Waals surface area contributed by atoms with Crippen molar-refractivity contribution < 1.29 is 0 Å². The van der Waals surface area contributed by atoms with Gasteiger partial charge in [-0.25, -0.2) is 15.0 Å². The number of benzene rings is 9. The maximum Gasteiger partial charge on any atom is 0.182 e. The van der Waals surface area contributed by atoms with Crippen LogP contribution in [0.2, 0.25) is 0 Å². The van der Waals surface area contributed by atoms with Crippen molar-refractivity contribution in [3.05, 3.63) is 255 Å². The molecule has 9 aromatic carbocycles. The first-order valence-corrected chi connectivity index (χ1v) is 25.2. The van der Waals surface area contributed by atoms with Gasteiger partial charge in [0.1, 0.15) is 11.4 Å². The molecule has 8 heteroatoms. The van der Waals surface area contributed by atoms with Gasteiger partial charge in [0.05, 0.1) is 38.8 Å². The minimum Gasteiger partial charge on any atom is -0.309 e. The van der Waals surface area contributed by atoms with Gasteiger partial charge in [0, 0.05) is 72.8 Å². The van der Waals surface area contributed by atoms with Crippen molar-refractivity contribution in [3.8, 4) is 73.7 Å². The van der Waals surface area contributed by atoms with Crippen molar-refractivity contribution >= 4 is 65.4 Å². The Labute approximate surface area is 430 Å². The first-order chi connectivity index (χ1) is 37.2. The summed E-state index contributed by atoms with van der Waals surface area (Å²) in [4.78, 5) is 24.7. The second-order valence-corrected chi connectivity index (χ2v) is 18.8. The average Bonchev–Trinajstić information content (AvgIpc) is 4.16. The van der Waals surface area contributed by atoms with Crippen LogP contribution in [0.4, 0.5) is 0 Å². The van der Waals surface area contributed by atoms with Crippen LogP contribution in [0.5, 0.6) is 0 Å². The molecule has 0 atom stereocenters. The van der Waals surface area contributed by atoms with E-state index in [4.69, 9.17) is 15.0 Å². The number of nitrogens with zero attached hydrogens (tertiary/aromatic N) is 8. The molecule has 8 nitrogen and oxygen atoms in total. The van der Waals surface area contributed by atoms with Crippen molar-refractivity contribution in [2.45, 2.75) is 0 Å². The van der Waals surface area contributed by atoms with E-state index >= 15 is 0 Å². The van der Waals surface area contributed by atoms with Crippen molar-refractivity contribution in [2.75, 3.05) is 0 Å². The predicted molar refractivity (Wildman–Crippen MR) is 306 cm³/mol. The highest BCUT2D eigenvalue weighted by Crippen LogP contribution is 2.49. The quantitative estimate of drug-likeness (QED) is 0.152. The van der Waals surface area contributed by atoms with Crippen LogP contribution in [0.3, 0.4) is 0 Å². The van der Waals surface area contributed by atoms with E-state index in [0.29, 0.717) is 28.9 Å². The van der Waals surface area contributed by atoms with Crippen LogP contribution in [0, 0.1) is 0 Å². The Hall–Kier alpha value is -10.3. The standard InChI is InChI=1S/C67H42N8/c1-5-21-43(22-6-1)52-41-45(65-70-66(54-31-17-19-39-68-54)72-67(71-65)55-32-18-20-40-69-55)42-53(44-23-7-2-8-24-44)62(52)75-57-34-16-14-30-51(57)61-59(75)38-36-49-48-35-37-58-60(63(48)74(64(49)61)47-27-11-4-12-28-47)50-29-13-15-33-56(50)73(58)46-25-9-3-10-26-46/h1-42H. The van der Waals surface area contributed by atoms with Crippen LogP contribution in [0.1, 0.15) is 0 Å². The number of para-hydroxylation sites is 4. The largest absolute Gasteiger partial charge is 0.309 e. The average molecular weight is 959 g/mol. The molecule has 0 unspecified atom stereocenters. The van der Waals surface area contributed by atoms with E-state index < -0.39 is 0 Å². The number of hydrogen-bond donors (Lipinski definition) is 0. The lowest BCUT2D eigenvalue weighted by molar-refractivity contribution is 1.05. The molecule has 6 aromatic heterocycles. The zero-order valence-electron chi connectivity index (χ0n) is 40.3. The topological polar surface area (TPSA) is 79.2 Å². The molecule has 75 heavy (non-hydrogen) atoms. The third-order valence-electron chi connectivity index (χ3n) is 14.6. The number of fused-ring (bicyclic) bond motifs is 11. The lowest BCUT2D eigenvalue weighted by atomic mass is 9.92. The maximum absolute atomic E-state index is 5.19. The van der Waals surface area contributed by atoms with Gasteiger partial charge in [-0.3, -0.25) is 9.97 Å². The molecule has 6 heterocycles. The fourth-order valence-corrected chi connectivity index (χ4v) is 11.4. The molecule has 0 N–H and O–H groups in total. The summed E-state index contributed by atoms with van der Waals surface area (Å²) in [6.07, 6.45) is 3.53. The highest BCUT2D eigenvalue weighted by Gasteiger charge is 2.27. The Morgan fingerprint density at radius 2 is 0.693 bits per heavy atom. The third-order valence-corrected chi connectivity index (χ3v) is 14.6. The minimum atomic E-state index is 0.468. The van der Waals surface area contributed by atoms with E-state index in [9.17, 15) is 0 Å². The SMILES string of the molecule is c1ccc(-c2cc(-c3nc(-c4ccccn4)nc(-c4ccccn4)n3)cc(-c3ccccc3)c2-n2c3ccccc3c3c2ccc2c4ccc5c(c6ccccc6n5-c5ccccc5)c4n(-c4ccccc4)c23)cc1. The molecule has 0 aliphatic heterocycles. The van der Waals surface area contributed by atoms with Gasteiger partial charge in [-0.2, -0.15) is 0 Å². The Morgan fingerprint density at radius 3 is 1.19 bits per heavy atom. The number of aromatic nitrogens is 8. The molecule has 0 amide bonds. The predicted octanol–water partition coefficient (Wildman–Crippen LogP) is 16.3. The first kappa shape index (κ1) is 42.4. The fraction of sp³-hybridized carbons (Fsp3) is 0. The van der Waals surface area contributed by atoms with Gasteiger partial charge in [0.2, 0.25) is 0 Å². The summed E-state index contributed by atoms with van der Waals surface area (Å²) in [5, 5.41) is 7.13. The molecule has 15 rings (SSSR count). The Morgan fingerprint density at radius 1 is 0.280 bits per heavy atom. The van der Waals surface area contributed by atoms with Crippen molar-refractivity contribution in [3.63, 3.8) is 0 Å². The van der Waals surface area contributed by atoms with Crippen LogP contribution in [0.25, 0.3) is 139 Å². The van der Waals surface area contributed by atoms with Gasteiger partial charge in [0.25, 0.3) is 0 Å². The molecule has 0 radical (unpaired) electrons.